The SMILES string of the molecule is CC/C=C\C(C)c1ccccc1OCCC1(c2ccccc2)c2ccccc2-c2ccccc21. The molecule has 0 aromatic heterocycles. The largest absolute Gasteiger partial charge is 0.493 e. The maximum atomic E-state index is 6.54. The van der Waals surface area contributed by atoms with Crippen LogP contribution in [-0.4, -0.2) is 6.61 Å². The van der Waals surface area contributed by atoms with Crippen molar-refractivity contribution in [3.8, 4) is 16.9 Å². The lowest BCUT2D eigenvalue weighted by atomic mass is 9.70. The Hall–Kier alpha value is -3.58. The maximum absolute atomic E-state index is 6.54. The normalized spacial score (nSPS) is 14.5. The molecular weight excluding hydrogens is 412 g/mol. The van der Waals surface area contributed by atoms with Gasteiger partial charge in [-0.15, -0.1) is 0 Å². The third-order valence-electron chi connectivity index (χ3n) is 7.14. The van der Waals surface area contributed by atoms with Crippen LogP contribution in [0.3, 0.4) is 0 Å². The minimum Gasteiger partial charge on any atom is -0.493 e. The van der Waals surface area contributed by atoms with Gasteiger partial charge in [0.1, 0.15) is 5.75 Å². The fraction of sp³-hybridized carbons (Fsp3) is 0.212. The summed E-state index contributed by atoms with van der Waals surface area (Å²) in [5.74, 6) is 1.31. The van der Waals surface area contributed by atoms with Crippen LogP contribution < -0.4 is 4.74 Å². The molecule has 0 N–H and O–H groups in total. The zero-order chi connectivity index (χ0) is 23.4. The second-order valence-corrected chi connectivity index (χ2v) is 9.12. The van der Waals surface area contributed by atoms with Gasteiger partial charge in [-0.1, -0.05) is 123 Å². The molecule has 0 spiro atoms. The molecule has 0 aliphatic heterocycles. The average molecular weight is 445 g/mol. The average Bonchev–Trinajstić information content (AvgIpc) is 3.19. The lowest BCUT2D eigenvalue weighted by molar-refractivity contribution is 0.285. The Labute approximate surface area is 203 Å². The van der Waals surface area contributed by atoms with E-state index in [1.165, 1.54) is 33.4 Å². The summed E-state index contributed by atoms with van der Waals surface area (Å²) in [7, 11) is 0. The molecule has 1 atom stereocenters. The van der Waals surface area contributed by atoms with Crippen LogP contribution in [0.25, 0.3) is 11.1 Å². The first-order chi connectivity index (χ1) is 16.8. The molecule has 170 valence electrons. The number of fused-ring (bicyclic) bond motifs is 3. The molecule has 1 aliphatic rings. The highest BCUT2D eigenvalue weighted by atomic mass is 16.5. The van der Waals surface area contributed by atoms with E-state index < -0.39 is 0 Å². The van der Waals surface area contributed by atoms with E-state index in [1.54, 1.807) is 0 Å². The Bertz CT molecular complexity index is 1240. The van der Waals surface area contributed by atoms with Crippen LogP contribution in [-0.2, 0) is 5.41 Å². The van der Waals surface area contributed by atoms with Crippen molar-refractivity contribution in [2.24, 2.45) is 0 Å². The van der Waals surface area contributed by atoms with Gasteiger partial charge >= 0.3 is 0 Å². The fourth-order valence-electron chi connectivity index (χ4n) is 5.52. The number of para-hydroxylation sites is 1. The van der Waals surface area contributed by atoms with Crippen molar-refractivity contribution in [1.29, 1.82) is 0 Å². The van der Waals surface area contributed by atoms with Crippen molar-refractivity contribution in [2.45, 2.75) is 38.0 Å². The Morgan fingerprint density at radius 2 is 1.32 bits per heavy atom. The number of hydrogen-bond donors (Lipinski definition) is 0. The van der Waals surface area contributed by atoms with Crippen molar-refractivity contribution >= 4 is 0 Å². The van der Waals surface area contributed by atoms with E-state index in [-0.39, 0.29) is 5.41 Å². The summed E-state index contributed by atoms with van der Waals surface area (Å²) in [5, 5.41) is 0. The van der Waals surface area contributed by atoms with E-state index >= 15 is 0 Å². The lowest BCUT2D eigenvalue weighted by Gasteiger charge is -2.33. The fourth-order valence-corrected chi connectivity index (χ4v) is 5.52. The summed E-state index contributed by atoms with van der Waals surface area (Å²) in [6.45, 7) is 5.05. The molecule has 4 aromatic carbocycles. The molecule has 0 bridgehead atoms. The van der Waals surface area contributed by atoms with E-state index in [9.17, 15) is 0 Å². The molecule has 1 nitrogen and oxygen atoms in total. The second-order valence-electron chi connectivity index (χ2n) is 9.12. The van der Waals surface area contributed by atoms with E-state index in [0.717, 1.165) is 18.6 Å². The molecule has 0 saturated carbocycles. The molecule has 0 amide bonds. The predicted octanol–water partition coefficient (Wildman–Crippen LogP) is 8.54. The molecule has 1 unspecified atom stereocenters. The Kier molecular flexibility index (Phi) is 6.36. The van der Waals surface area contributed by atoms with Gasteiger partial charge in [-0.05, 0) is 46.7 Å². The monoisotopic (exact) mass is 444 g/mol. The van der Waals surface area contributed by atoms with Gasteiger partial charge in [0.25, 0.3) is 0 Å². The quantitative estimate of drug-likeness (QED) is 0.247. The smallest absolute Gasteiger partial charge is 0.123 e. The van der Waals surface area contributed by atoms with Gasteiger partial charge in [0, 0.05) is 16.9 Å². The number of hydrogen-bond acceptors (Lipinski definition) is 1. The van der Waals surface area contributed by atoms with Crippen LogP contribution in [0.4, 0.5) is 0 Å². The van der Waals surface area contributed by atoms with Crippen molar-refractivity contribution in [1.82, 2.24) is 0 Å². The summed E-state index contributed by atoms with van der Waals surface area (Å²) in [5.41, 5.74) is 7.76. The molecule has 0 radical (unpaired) electrons. The standard InChI is InChI=1S/C33H32O/c1-3-4-14-25(2)27-17-10-13-22-32(27)34-24-23-33(26-15-6-5-7-16-26)30-20-11-8-18-28(30)29-19-9-12-21-31(29)33/h4-22,25H,3,23-24H2,1-2H3/b14-4-. The summed E-state index contributed by atoms with van der Waals surface area (Å²) >= 11 is 0. The first-order valence-electron chi connectivity index (χ1n) is 12.4. The lowest BCUT2D eigenvalue weighted by Crippen LogP contribution is -2.29. The van der Waals surface area contributed by atoms with Gasteiger partial charge in [0.05, 0.1) is 6.61 Å². The first kappa shape index (κ1) is 22.2. The summed E-state index contributed by atoms with van der Waals surface area (Å²) in [4.78, 5) is 0. The molecule has 1 aliphatic carbocycles. The van der Waals surface area contributed by atoms with Gasteiger partial charge in [0.2, 0.25) is 0 Å². The molecule has 0 saturated heterocycles. The number of allylic oxidation sites excluding steroid dienone is 2. The van der Waals surface area contributed by atoms with Gasteiger partial charge in [-0.3, -0.25) is 0 Å². The third kappa shape index (κ3) is 3.86. The number of benzene rings is 4. The van der Waals surface area contributed by atoms with E-state index in [0.29, 0.717) is 12.5 Å². The molecule has 5 rings (SSSR count). The highest BCUT2D eigenvalue weighted by Crippen LogP contribution is 2.54. The highest BCUT2D eigenvalue weighted by molar-refractivity contribution is 5.83. The van der Waals surface area contributed by atoms with Crippen LogP contribution in [0.2, 0.25) is 0 Å². The molecule has 0 heterocycles. The van der Waals surface area contributed by atoms with Crippen LogP contribution in [0.5, 0.6) is 5.75 Å². The first-order valence-corrected chi connectivity index (χ1v) is 12.4. The Balaban J connectivity index is 1.53. The third-order valence-corrected chi connectivity index (χ3v) is 7.14. The minimum absolute atomic E-state index is 0.225. The van der Waals surface area contributed by atoms with Crippen molar-refractivity contribution in [2.75, 3.05) is 6.61 Å². The van der Waals surface area contributed by atoms with Gasteiger partial charge in [-0.2, -0.15) is 0 Å². The highest BCUT2D eigenvalue weighted by Gasteiger charge is 2.44. The van der Waals surface area contributed by atoms with Crippen LogP contribution >= 0.6 is 0 Å². The van der Waals surface area contributed by atoms with Crippen molar-refractivity contribution < 1.29 is 4.74 Å². The molecular formula is C33H32O. The second kappa shape index (κ2) is 9.73. The van der Waals surface area contributed by atoms with Crippen molar-refractivity contribution in [3.63, 3.8) is 0 Å². The Morgan fingerprint density at radius 3 is 2.00 bits per heavy atom. The van der Waals surface area contributed by atoms with Crippen LogP contribution in [0, 0.1) is 0 Å². The predicted molar refractivity (Wildman–Crippen MR) is 143 cm³/mol. The van der Waals surface area contributed by atoms with Gasteiger partial charge in [-0.25, -0.2) is 0 Å². The summed E-state index contributed by atoms with van der Waals surface area (Å²) < 4.78 is 6.54. The zero-order valence-corrected chi connectivity index (χ0v) is 20.1. The topological polar surface area (TPSA) is 9.23 Å². The van der Waals surface area contributed by atoms with E-state index in [4.69, 9.17) is 4.74 Å². The number of rotatable bonds is 8. The van der Waals surface area contributed by atoms with Gasteiger partial charge in [0.15, 0.2) is 0 Å². The molecule has 34 heavy (non-hydrogen) atoms. The maximum Gasteiger partial charge on any atom is 0.123 e. The minimum atomic E-state index is -0.225. The van der Waals surface area contributed by atoms with E-state index in [1.807, 2.05) is 0 Å². The molecule has 4 aromatic rings. The number of ether oxygens (including phenoxy) is 1. The van der Waals surface area contributed by atoms with Crippen LogP contribution in [0.1, 0.15) is 54.9 Å². The zero-order valence-electron chi connectivity index (χ0n) is 20.1. The Morgan fingerprint density at radius 1 is 0.735 bits per heavy atom. The summed E-state index contributed by atoms with van der Waals surface area (Å²) in [6.07, 6.45) is 6.43. The van der Waals surface area contributed by atoms with Gasteiger partial charge < -0.3 is 4.74 Å². The molecule has 0 fully saturated rings. The molecule has 1 heteroatoms. The van der Waals surface area contributed by atoms with Crippen molar-refractivity contribution in [3.05, 3.63) is 138 Å². The van der Waals surface area contributed by atoms with E-state index in [2.05, 4.69) is 129 Å². The van der Waals surface area contributed by atoms with Crippen LogP contribution in [0.15, 0.2) is 115 Å². The summed E-state index contributed by atoms with van der Waals surface area (Å²) in [6, 6.07) is 37.2.